The summed E-state index contributed by atoms with van der Waals surface area (Å²) in [6.45, 7) is 1.10. The topological polar surface area (TPSA) is 99.4 Å². The lowest BCUT2D eigenvalue weighted by atomic mass is 9.93. The van der Waals surface area contributed by atoms with Crippen LogP contribution in [0.3, 0.4) is 0 Å². The molecule has 0 aromatic carbocycles. The van der Waals surface area contributed by atoms with Gasteiger partial charge in [0, 0.05) is 7.11 Å². The molecule has 0 bridgehead atoms. The second-order valence-corrected chi connectivity index (χ2v) is 3.74. The largest absolute Gasteiger partial charge is 0.394 e. The van der Waals surface area contributed by atoms with Crippen LogP contribution in [0.1, 0.15) is 6.92 Å². The number of hydrogen-bond acceptors (Lipinski definition) is 6. The van der Waals surface area contributed by atoms with E-state index in [0.29, 0.717) is 0 Å². The number of ether oxygens (including phenoxy) is 2. The molecule has 4 N–H and O–H groups in total. The monoisotopic (exact) mass is 222 g/mol. The number of aliphatic hydroxyl groups excluding tert-OH is 4. The maximum absolute atomic E-state index is 9.74. The van der Waals surface area contributed by atoms with E-state index < -0.39 is 43.2 Å². The van der Waals surface area contributed by atoms with Crippen molar-refractivity contribution in [3.05, 3.63) is 0 Å². The molecule has 1 aliphatic heterocycles. The fourth-order valence-electron chi connectivity index (χ4n) is 1.77. The van der Waals surface area contributed by atoms with Crippen molar-refractivity contribution in [2.45, 2.75) is 43.5 Å². The van der Waals surface area contributed by atoms with Gasteiger partial charge in [0.15, 0.2) is 0 Å². The molecule has 6 atom stereocenters. The predicted octanol–water partition coefficient (Wildman–Crippen LogP) is -2.14. The van der Waals surface area contributed by atoms with E-state index in [1.165, 1.54) is 7.11 Å². The molecule has 0 saturated carbocycles. The lowest BCUT2D eigenvalue weighted by Gasteiger charge is -2.42. The molecule has 0 aromatic heterocycles. The first-order valence-electron chi connectivity index (χ1n) is 4.86. The van der Waals surface area contributed by atoms with Gasteiger partial charge < -0.3 is 29.9 Å². The molecule has 90 valence electrons. The second-order valence-electron chi connectivity index (χ2n) is 3.74. The van der Waals surface area contributed by atoms with E-state index in [4.69, 9.17) is 14.6 Å². The van der Waals surface area contributed by atoms with Gasteiger partial charge in [0.25, 0.3) is 0 Å². The molecule has 6 heteroatoms. The van der Waals surface area contributed by atoms with Crippen LogP contribution in [0.25, 0.3) is 0 Å². The van der Waals surface area contributed by atoms with E-state index in [9.17, 15) is 15.3 Å². The molecule has 3 unspecified atom stereocenters. The molecule has 6 nitrogen and oxygen atoms in total. The van der Waals surface area contributed by atoms with Gasteiger partial charge in [-0.1, -0.05) is 0 Å². The Kier molecular flexibility index (Phi) is 4.45. The Morgan fingerprint density at radius 2 is 1.93 bits per heavy atom. The molecule has 1 saturated heterocycles. The molecule has 0 spiro atoms. The molecular weight excluding hydrogens is 204 g/mol. The Morgan fingerprint density at radius 3 is 2.40 bits per heavy atom. The van der Waals surface area contributed by atoms with Crippen molar-refractivity contribution in [2.75, 3.05) is 13.7 Å². The second kappa shape index (κ2) is 5.20. The van der Waals surface area contributed by atoms with Gasteiger partial charge in [-0.3, -0.25) is 0 Å². The molecule has 1 rings (SSSR count). The van der Waals surface area contributed by atoms with Crippen molar-refractivity contribution < 1.29 is 29.9 Å². The molecule has 0 radical (unpaired) electrons. The average molecular weight is 222 g/mol. The van der Waals surface area contributed by atoms with Crippen LogP contribution in [0.15, 0.2) is 0 Å². The SMILES string of the molecule is CO[C@@H]1C(O)C(C)OC([C@H](O)CO)[C@H]1O. The molecule has 0 aromatic rings. The molecule has 0 amide bonds. The highest BCUT2D eigenvalue weighted by molar-refractivity contribution is 4.94. The highest BCUT2D eigenvalue weighted by Gasteiger charge is 2.45. The third-order valence-corrected chi connectivity index (χ3v) is 2.70. The van der Waals surface area contributed by atoms with Crippen molar-refractivity contribution in [1.82, 2.24) is 0 Å². The zero-order valence-corrected chi connectivity index (χ0v) is 8.78. The Morgan fingerprint density at radius 1 is 1.33 bits per heavy atom. The van der Waals surface area contributed by atoms with Crippen LogP contribution in [0, 0.1) is 0 Å². The third kappa shape index (κ3) is 2.47. The van der Waals surface area contributed by atoms with Crippen LogP contribution >= 0.6 is 0 Å². The average Bonchev–Trinajstić information content (AvgIpc) is 2.23. The molecule has 1 aliphatic rings. The Hall–Kier alpha value is -0.240. The van der Waals surface area contributed by atoms with Crippen LogP contribution in [0.5, 0.6) is 0 Å². The molecular formula is C9H18O6. The minimum absolute atomic E-state index is 0.513. The summed E-state index contributed by atoms with van der Waals surface area (Å²) in [5.74, 6) is 0. The lowest BCUT2D eigenvalue weighted by Crippen LogP contribution is -2.61. The minimum atomic E-state index is -1.19. The first kappa shape index (κ1) is 12.8. The van der Waals surface area contributed by atoms with Crippen molar-refractivity contribution >= 4 is 0 Å². The Balaban J connectivity index is 2.75. The summed E-state index contributed by atoms with van der Waals surface area (Å²) in [6.07, 6.45) is -5.63. The van der Waals surface area contributed by atoms with Crippen LogP contribution in [0.4, 0.5) is 0 Å². The number of methoxy groups -OCH3 is 1. The van der Waals surface area contributed by atoms with E-state index in [1.54, 1.807) is 6.92 Å². The maximum Gasteiger partial charge on any atom is 0.115 e. The van der Waals surface area contributed by atoms with E-state index >= 15 is 0 Å². The molecule has 1 fully saturated rings. The van der Waals surface area contributed by atoms with Crippen LogP contribution in [0.2, 0.25) is 0 Å². The summed E-state index contributed by atoms with van der Waals surface area (Å²) in [4.78, 5) is 0. The van der Waals surface area contributed by atoms with Gasteiger partial charge in [0.05, 0.1) is 12.7 Å². The van der Waals surface area contributed by atoms with Crippen molar-refractivity contribution in [3.63, 3.8) is 0 Å². The fraction of sp³-hybridized carbons (Fsp3) is 1.00. The number of aliphatic hydroxyl groups is 4. The number of hydrogen-bond donors (Lipinski definition) is 4. The predicted molar refractivity (Wildman–Crippen MR) is 50.2 cm³/mol. The normalized spacial score (nSPS) is 44.0. The van der Waals surface area contributed by atoms with E-state index in [0.717, 1.165) is 0 Å². The van der Waals surface area contributed by atoms with Crippen molar-refractivity contribution in [1.29, 1.82) is 0 Å². The third-order valence-electron chi connectivity index (χ3n) is 2.70. The first-order chi connectivity index (χ1) is 7.02. The molecule has 0 aliphatic carbocycles. The van der Waals surface area contributed by atoms with Gasteiger partial charge in [-0.05, 0) is 6.92 Å². The zero-order valence-electron chi connectivity index (χ0n) is 8.78. The van der Waals surface area contributed by atoms with Gasteiger partial charge >= 0.3 is 0 Å². The van der Waals surface area contributed by atoms with Crippen molar-refractivity contribution in [3.8, 4) is 0 Å². The standard InChI is InChI=1S/C9H18O6/c1-4-6(12)9(14-2)7(13)8(15-4)5(11)3-10/h4-13H,3H2,1-2H3/t4?,5-,6?,7-,8?,9-/m1/s1. The minimum Gasteiger partial charge on any atom is -0.394 e. The van der Waals surface area contributed by atoms with Crippen LogP contribution in [-0.4, -0.2) is 70.8 Å². The van der Waals surface area contributed by atoms with Gasteiger partial charge in [0.1, 0.15) is 30.5 Å². The smallest absolute Gasteiger partial charge is 0.115 e. The summed E-state index contributed by atoms with van der Waals surface area (Å²) in [7, 11) is 1.36. The summed E-state index contributed by atoms with van der Waals surface area (Å²) >= 11 is 0. The van der Waals surface area contributed by atoms with E-state index in [1.807, 2.05) is 0 Å². The highest BCUT2D eigenvalue weighted by atomic mass is 16.6. The summed E-state index contributed by atoms with van der Waals surface area (Å²) in [5, 5.41) is 37.5. The van der Waals surface area contributed by atoms with Gasteiger partial charge in [-0.25, -0.2) is 0 Å². The van der Waals surface area contributed by atoms with E-state index in [2.05, 4.69) is 0 Å². The summed E-state index contributed by atoms with van der Waals surface area (Å²) in [5.41, 5.74) is 0. The van der Waals surface area contributed by atoms with Gasteiger partial charge in [0.2, 0.25) is 0 Å². The maximum atomic E-state index is 9.74. The summed E-state index contributed by atoms with van der Waals surface area (Å²) in [6, 6.07) is 0. The zero-order chi connectivity index (χ0) is 11.6. The van der Waals surface area contributed by atoms with Crippen molar-refractivity contribution in [2.24, 2.45) is 0 Å². The number of rotatable bonds is 3. The quantitative estimate of drug-likeness (QED) is 0.435. The van der Waals surface area contributed by atoms with Crippen LogP contribution in [-0.2, 0) is 9.47 Å². The van der Waals surface area contributed by atoms with Gasteiger partial charge in [-0.2, -0.15) is 0 Å². The summed E-state index contributed by atoms with van der Waals surface area (Å²) < 4.78 is 10.1. The molecule has 15 heavy (non-hydrogen) atoms. The molecule has 1 heterocycles. The highest BCUT2D eigenvalue weighted by Crippen LogP contribution is 2.24. The Bertz CT molecular complexity index is 199. The van der Waals surface area contributed by atoms with Gasteiger partial charge in [-0.15, -0.1) is 0 Å². The first-order valence-corrected chi connectivity index (χ1v) is 4.86. The lowest BCUT2D eigenvalue weighted by molar-refractivity contribution is -0.247. The van der Waals surface area contributed by atoms with Crippen LogP contribution < -0.4 is 0 Å². The fourth-order valence-corrected chi connectivity index (χ4v) is 1.77. The van der Waals surface area contributed by atoms with E-state index in [-0.39, 0.29) is 0 Å². The Labute approximate surface area is 88.1 Å².